The Bertz CT molecular complexity index is 425. The summed E-state index contributed by atoms with van der Waals surface area (Å²) in [5.41, 5.74) is -0.984. The fraction of sp³-hybridized carbons (Fsp3) is 0.500. The number of nitrogens with one attached hydrogen (secondary N) is 1. The molecular weight excluding hydrogens is 263 g/mol. The Hall–Kier alpha value is -1.15. The molecule has 0 amide bonds. The summed E-state index contributed by atoms with van der Waals surface area (Å²) >= 11 is 0. The zero-order valence-corrected chi connectivity index (χ0v) is 9.94. The molecule has 1 aliphatic rings. The van der Waals surface area contributed by atoms with Crippen LogP contribution < -0.4 is 5.32 Å². The van der Waals surface area contributed by atoms with Crippen LogP contribution >= 0.6 is 0 Å². The lowest BCUT2D eigenvalue weighted by Crippen LogP contribution is -2.34. The number of halogens is 3. The zero-order valence-electron chi connectivity index (χ0n) is 9.94. The third-order valence-corrected chi connectivity index (χ3v) is 2.93. The van der Waals surface area contributed by atoms with Crippen LogP contribution in [-0.2, 0) is 16.9 Å². The van der Waals surface area contributed by atoms with E-state index in [0.717, 1.165) is 24.3 Å². The molecule has 1 aliphatic heterocycles. The van der Waals surface area contributed by atoms with Gasteiger partial charge in [0.15, 0.2) is 0 Å². The molecule has 0 aliphatic carbocycles. The van der Waals surface area contributed by atoms with Gasteiger partial charge in [0.2, 0.25) is 0 Å². The SMILES string of the molecule is OC(O)(OC1CCNC1)c1ccc(C(F)(F)F)cc1. The fourth-order valence-electron chi connectivity index (χ4n) is 1.91. The Labute approximate surface area is 107 Å². The minimum Gasteiger partial charge on any atom is -0.340 e. The largest absolute Gasteiger partial charge is 0.416 e. The smallest absolute Gasteiger partial charge is 0.340 e. The molecule has 1 unspecified atom stereocenters. The van der Waals surface area contributed by atoms with Crippen molar-refractivity contribution in [3.8, 4) is 0 Å². The minimum absolute atomic E-state index is 0.132. The number of hydrogen-bond acceptors (Lipinski definition) is 4. The van der Waals surface area contributed by atoms with E-state index in [2.05, 4.69) is 5.32 Å². The first-order valence-electron chi connectivity index (χ1n) is 5.80. The van der Waals surface area contributed by atoms with E-state index in [1.807, 2.05) is 0 Å². The predicted molar refractivity (Wildman–Crippen MR) is 59.9 cm³/mol. The molecule has 1 heterocycles. The number of ether oxygens (including phenoxy) is 1. The Balaban J connectivity index is 2.11. The summed E-state index contributed by atoms with van der Waals surface area (Å²) in [6.07, 6.45) is -4.22. The molecule has 19 heavy (non-hydrogen) atoms. The summed E-state index contributed by atoms with van der Waals surface area (Å²) in [4.78, 5) is 0. The molecule has 1 atom stereocenters. The van der Waals surface area contributed by atoms with Crippen molar-refractivity contribution < 1.29 is 28.1 Å². The van der Waals surface area contributed by atoms with Gasteiger partial charge in [0.25, 0.3) is 0 Å². The highest BCUT2D eigenvalue weighted by atomic mass is 19.4. The molecule has 0 saturated carbocycles. The lowest BCUT2D eigenvalue weighted by molar-refractivity contribution is -0.364. The summed E-state index contributed by atoms with van der Waals surface area (Å²) < 4.78 is 42.2. The van der Waals surface area contributed by atoms with E-state index in [1.165, 1.54) is 0 Å². The molecule has 7 heteroatoms. The average Bonchev–Trinajstić information content (AvgIpc) is 2.80. The summed E-state index contributed by atoms with van der Waals surface area (Å²) in [5, 5.41) is 22.5. The Morgan fingerprint density at radius 1 is 1.11 bits per heavy atom. The van der Waals surface area contributed by atoms with E-state index >= 15 is 0 Å². The number of rotatable bonds is 3. The van der Waals surface area contributed by atoms with Crippen LogP contribution in [0.25, 0.3) is 0 Å². The predicted octanol–water partition coefficient (Wildman–Crippen LogP) is 1.18. The van der Waals surface area contributed by atoms with Crippen LogP contribution in [0.15, 0.2) is 24.3 Å². The van der Waals surface area contributed by atoms with Crippen molar-refractivity contribution in [1.29, 1.82) is 0 Å². The Morgan fingerprint density at radius 2 is 1.68 bits per heavy atom. The van der Waals surface area contributed by atoms with E-state index in [4.69, 9.17) is 4.74 Å². The van der Waals surface area contributed by atoms with Gasteiger partial charge < -0.3 is 20.3 Å². The van der Waals surface area contributed by atoms with Crippen LogP contribution in [-0.4, -0.2) is 29.4 Å². The average molecular weight is 277 g/mol. The van der Waals surface area contributed by atoms with Crippen LogP contribution in [0, 0.1) is 0 Å². The van der Waals surface area contributed by atoms with Gasteiger partial charge in [-0.15, -0.1) is 0 Å². The normalized spacial score (nSPS) is 20.8. The number of aliphatic hydroxyl groups is 2. The van der Waals surface area contributed by atoms with Crippen LogP contribution in [0.5, 0.6) is 0 Å². The third kappa shape index (κ3) is 3.44. The van der Waals surface area contributed by atoms with Gasteiger partial charge in [0.05, 0.1) is 11.7 Å². The molecule has 1 saturated heterocycles. The molecule has 0 spiro atoms. The van der Waals surface area contributed by atoms with Gasteiger partial charge in [0, 0.05) is 12.1 Å². The second-order valence-electron chi connectivity index (χ2n) is 4.42. The molecule has 106 valence electrons. The molecule has 0 aromatic heterocycles. The van der Waals surface area contributed by atoms with Crippen molar-refractivity contribution in [2.45, 2.75) is 24.7 Å². The molecule has 2 rings (SSSR count). The van der Waals surface area contributed by atoms with E-state index in [1.54, 1.807) is 0 Å². The first-order valence-corrected chi connectivity index (χ1v) is 5.80. The van der Waals surface area contributed by atoms with Gasteiger partial charge in [-0.2, -0.15) is 13.2 Å². The zero-order chi connectivity index (χ0) is 14.1. The van der Waals surface area contributed by atoms with Gasteiger partial charge >= 0.3 is 12.1 Å². The monoisotopic (exact) mass is 277 g/mol. The minimum atomic E-state index is -4.46. The number of alkyl halides is 3. The molecular formula is C12H14F3NO3. The Kier molecular flexibility index (Phi) is 3.82. The molecule has 1 aromatic rings. The molecule has 0 radical (unpaired) electrons. The maximum absolute atomic E-state index is 12.4. The topological polar surface area (TPSA) is 61.7 Å². The van der Waals surface area contributed by atoms with Crippen LogP contribution in [0.4, 0.5) is 13.2 Å². The number of hydrogen-bond donors (Lipinski definition) is 3. The van der Waals surface area contributed by atoms with E-state index in [0.29, 0.717) is 19.5 Å². The lowest BCUT2D eigenvalue weighted by Gasteiger charge is -2.25. The third-order valence-electron chi connectivity index (χ3n) is 2.93. The second kappa shape index (κ2) is 5.09. The highest BCUT2D eigenvalue weighted by Gasteiger charge is 2.34. The van der Waals surface area contributed by atoms with Gasteiger partial charge in [-0.3, -0.25) is 0 Å². The van der Waals surface area contributed by atoms with E-state index in [-0.39, 0.29) is 11.7 Å². The van der Waals surface area contributed by atoms with Gasteiger partial charge in [-0.1, -0.05) is 12.1 Å². The Morgan fingerprint density at radius 3 is 2.16 bits per heavy atom. The summed E-state index contributed by atoms with van der Waals surface area (Å²) in [6, 6.07) is 3.55. The van der Waals surface area contributed by atoms with Gasteiger partial charge in [-0.25, -0.2) is 0 Å². The van der Waals surface area contributed by atoms with Crippen molar-refractivity contribution >= 4 is 0 Å². The van der Waals surface area contributed by atoms with Gasteiger partial charge in [0.1, 0.15) is 0 Å². The van der Waals surface area contributed by atoms with Crippen LogP contribution in [0.3, 0.4) is 0 Å². The second-order valence-corrected chi connectivity index (χ2v) is 4.42. The van der Waals surface area contributed by atoms with E-state index < -0.39 is 17.7 Å². The highest BCUT2D eigenvalue weighted by Crippen LogP contribution is 2.31. The molecule has 3 N–H and O–H groups in total. The maximum Gasteiger partial charge on any atom is 0.416 e. The van der Waals surface area contributed by atoms with Crippen molar-refractivity contribution in [3.05, 3.63) is 35.4 Å². The molecule has 4 nitrogen and oxygen atoms in total. The van der Waals surface area contributed by atoms with E-state index in [9.17, 15) is 23.4 Å². The van der Waals surface area contributed by atoms with Crippen molar-refractivity contribution in [1.82, 2.24) is 5.32 Å². The first kappa shape index (κ1) is 14.3. The molecule has 1 fully saturated rings. The van der Waals surface area contributed by atoms with Crippen molar-refractivity contribution in [2.75, 3.05) is 13.1 Å². The molecule has 1 aromatic carbocycles. The van der Waals surface area contributed by atoms with Crippen LogP contribution in [0.1, 0.15) is 17.5 Å². The van der Waals surface area contributed by atoms with Crippen LogP contribution in [0.2, 0.25) is 0 Å². The fourth-order valence-corrected chi connectivity index (χ4v) is 1.91. The highest BCUT2D eigenvalue weighted by molar-refractivity contribution is 5.26. The number of benzene rings is 1. The first-order chi connectivity index (χ1) is 8.79. The summed E-state index contributed by atoms with van der Waals surface area (Å²) in [5.74, 6) is -2.58. The standard InChI is InChI=1S/C12H14F3NO3/c13-11(14,15)8-1-3-9(4-2-8)12(17,18)19-10-5-6-16-7-10/h1-4,10,16-18H,5-7H2. The molecule has 0 bridgehead atoms. The van der Waals surface area contributed by atoms with Crippen molar-refractivity contribution in [2.24, 2.45) is 0 Å². The quantitative estimate of drug-likeness (QED) is 0.726. The summed E-state index contributed by atoms with van der Waals surface area (Å²) in [6.45, 7) is 1.18. The van der Waals surface area contributed by atoms with Gasteiger partial charge in [-0.05, 0) is 25.1 Å². The summed E-state index contributed by atoms with van der Waals surface area (Å²) in [7, 11) is 0. The van der Waals surface area contributed by atoms with Crippen molar-refractivity contribution in [3.63, 3.8) is 0 Å². The maximum atomic E-state index is 12.4. The lowest BCUT2D eigenvalue weighted by atomic mass is 10.1.